The molecule has 0 bridgehead atoms. The van der Waals surface area contributed by atoms with Crippen LogP contribution in [0, 0.1) is 0 Å². The molecular weight excluding hydrogens is 208 g/mol. The van der Waals surface area contributed by atoms with Crippen molar-refractivity contribution in [3.63, 3.8) is 0 Å². The van der Waals surface area contributed by atoms with Gasteiger partial charge in [-0.3, -0.25) is 9.59 Å². The Morgan fingerprint density at radius 2 is 1.94 bits per heavy atom. The van der Waals surface area contributed by atoms with Crippen molar-refractivity contribution < 1.29 is 19.4 Å². The zero-order valence-electron chi connectivity index (χ0n) is 9.78. The van der Waals surface area contributed by atoms with E-state index in [0.29, 0.717) is 6.61 Å². The van der Waals surface area contributed by atoms with E-state index >= 15 is 0 Å². The lowest BCUT2D eigenvalue weighted by atomic mass is 10.2. The Hall–Kier alpha value is -1.32. The van der Waals surface area contributed by atoms with Crippen LogP contribution in [-0.4, -0.2) is 23.7 Å². The van der Waals surface area contributed by atoms with E-state index in [4.69, 9.17) is 9.84 Å². The van der Waals surface area contributed by atoms with Crippen molar-refractivity contribution in [2.45, 2.75) is 45.4 Å². The Balaban J connectivity index is 3.27. The van der Waals surface area contributed by atoms with Gasteiger partial charge in [0.15, 0.2) is 0 Å². The van der Waals surface area contributed by atoms with Crippen molar-refractivity contribution in [3.8, 4) is 0 Å². The van der Waals surface area contributed by atoms with Gasteiger partial charge in [-0.2, -0.15) is 0 Å². The highest BCUT2D eigenvalue weighted by atomic mass is 16.5. The smallest absolute Gasteiger partial charge is 0.306 e. The van der Waals surface area contributed by atoms with Crippen LogP contribution in [-0.2, 0) is 14.3 Å². The number of aliphatic carboxylic acids is 1. The fraction of sp³-hybridized carbons (Fsp3) is 0.667. The summed E-state index contributed by atoms with van der Waals surface area (Å²) in [6.45, 7) is 2.47. The van der Waals surface area contributed by atoms with Crippen LogP contribution in [0.15, 0.2) is 12.2 Å². The van der Waals surface area contributed by atoms with E-state index in [1.54, 1.807) is 0 Å². The van der Waals surface area contributed by atoms with Gasteiger partial charge in [0.1, 0.15) is 0 Å². The summed E-state index contributed by atoms with van der Waals surface area (Å²) in [4.78, 5) is 21.1. The maximum Gasteiger partial charge on any atom is 0.306 e. The van der Waals surface area contributed by atoms with E-state index in [1.807, 2.05) is 0 Å². The topological polar surface area (TPSA) is 63.6 Å². The number of rotatable bonds is 9. The van der Waals surface area contributed by atoms with Crippen molar-refractivity contribution in [2.24, 2.45) is 0 Å². The van der Waals surface area contributed by atoms with Crippen LogP contribution in [0.3, 0.4) is 0 Å². The molecule has 0 amide bonds. The lowest BCUT2D eigenvalue weighted by Crippen LogP contribution is -2.08. The van der Waals surface area contributed by atoms with E-state index in [1.165, 1.54) is 0 Å². The standard InChI is InChI=1S/C12H20O4/c1-2-3-4-5-6-7-10-16-12(15)9-8-11(13)14/h3-4H,2,5-10H2,1H3,(H,13,14). The van der Waals surface area contributed by atoms with E-state index in [2.05, 4.69) is 19.1 Å². The van der Waals surface area contributed by atoms with Crippen LogP contribution in [0.25, 0.3) is 0 Å². The van der Waals surface area contributed by atoms with E-state index in [-0.39, 0.29) is 12.8 Å². The van der Waals surface area contributed by atoms with Crippen molar-refractivity contribution >= 4 is 11.9 Å². The average molecular weight is 228 g/mol. The second-order valence-corrected chi connectivity index (χ2v) is 3.49. The maximum atomic E-state index is 11.0. The van der Waals surface area contributed by atoms with Gasteiger partial charge >= 0.3 is 11.9 Å². The second kappa shape index (κ2) is 10.2. The molecule has 16 heavy (non-hydrogen) atoms. The predicted molar refractivity (Wildman–Crippen MR) is 61.1 cm³/mol. The number of carboxylic acid groups (broad SMARTS) is 1. The van der Waals surface area contributed by atoms with E-state index < -0.39 is 11.9 Å². The molecule has 0 rings (SSSR count). The van der Waals surface area contributed by atoms with Crippen LogP contribution < -0.4 is 0 Å². The second-order valence-electron chi connectivity index (χ2n) is 3.49. The fourth-order valence-corrected chi connectivity index (χ4v) is 1.12. The van der Waals surface area contributed by atoms with Gasteiger partial charge in [-0.15, -0.1) is 0 Å². The summed E-state index contributed by atoms with van der Waals surface area (Å²) in [5, 5.41) is 8.34. The summed E-state index contributed by atoms with van der Waals surface area (Å²) in [7, 11) is 0. The molecule has 1 N–H and O–H groups in total. The number of esters is 1. The van der Waals surface area contributed by atoms with Gasteiger partial charge in [-0.05, 0) is 25.7 Å². The molecular formula is C12H20O4. The molecule has 0 fully saturated rings. The van der Waals surface area contributed by atoms with Crippen LogP contribution in [0.2, 0.25) is 0 Å². The normalized spacial score (nSPS) is 10.6. The largest absolute Gasteiger partial charge is 0.481 e. The Labute approximate surface area is 96.3 Å². The number of carbonyl (C=O) groups excluding carboxylic acids is 1. The minimum atomic E-state index is -0.971. The third kappa shape index (κ3) is 10.8. The van der Waals surface area contributed by atoms with Crippen LogP contribution in [0.5, 0.6) is 0 Å². The third-order valence-electron chi connectivity index (χ3n) is 1.97. The zero-order valence-corrected chi connectivity index (χ0v) is 9.78. The molecule has 4 heteroatoms. The highest BCUT2D eigenvalue weighted by Crippen LogP contribution is 2.00. The molecule has 0 heterocycles. The van der Waals surface area contributed by atoms with Gasteiger partial charge in [-0.1, -0.05) is 19.1 Å². The molecule has 92 valence electrons. The minimum absolute atomic E-state index is 0.0366. The summed E-state index contributed by atoms with van der Waals surface area (Å²) in [6.07, 6.45) is 7.90. The number of carboxylic acids is 1. The van der Waals surface area contributed by atoms with Gasteiger partial charge in [0.05, 0.1) is 19.4 Å². The Morgan fingerprint density at radius 1 is 1.19 bits per heavy atom. The van der Waals surface area contributed by atoms with Gasteiger partial charge < -0.3 is 9.84 Å². The minimum Gasteiger partial charge on any atom is -0.481 e. The zero-order chi connectivity index (χ0) is 12.2. The van der Waals surface area contributed by atoms with Crippen LogP contribution in [0.4, 0.5) is 0 Å². The molecule has 4 nitrogen and oxygen atoms in total. The van der Waals surface area contributed by atoms with Crippen molar-refractivity contribution in [1.29, 1.82) is 0 Å². The predicted octanol–water partition coefficient (Wildman–Crippen LogP) is 2.53. The molecule has 0 atom stereocenters. The first-order chi connectivity index (χ1) is 7.66. The highest BCUT2D eigenvalue weighted by Gasteiger charge is 2.05. The molecule has 0 aliphatic carbocycles. The van der Waals surface area contributed by atoms with Crippen molar-refractivity contribution in [1.82, 2.24) is 0 Å². The van der Waals surface area contributed by atoms with Crippen LogP contribution >= 0.6 is 0 Å². The first-order valence-electron chi connectivity index (χ1n) is 5.69. The molecule has 0 aliphatic rings. The number of allylic oxidation sites excluding steroid dienone is 2. The SMILES string of the molecule is CCC=CCCCCOC(=O)CCC(=O)O. The third-order valence-corrected chi connectivity index (χ3v) is 1.97. The van der Waals surface area contributed by atoms with E-state index in [0.717, 1.165) is 25.7 Å². The number of carbonyl (C=O) groups is 2. The van der Waals surface area contributed by atoms with Gasteiger partial charge in [0.25, 0.3) is 0 Å². The fourth-order valence-electron chi connectivity index (χ4n) is 1.12. The molecule has 0 radical (unpaired) electrons. The lowest BCUT2D eigenvalue weighted by molar-refractivity contribution is -0.147. The Morgan fingerprint density at radius 3 is 2.56 bits per heavy atom. The summed E-state index contributed by atoms with van der Waals surface area (Å²) >= 11 is 0. The molecule has 0 saturated heterocycles. The first kappa shape index (κ1) is 14.7. The Bertz CT molecular complexity index is 233. The molecule has 0 aliphatic heterocycles. The Kier molecular flexibility index (Phi) is 9.36. The molecule has 0 aromatic rings. The molecule has 0 unspecified atom stereocenters. The van der Waals surface area contributed by atoms with Gasteiger partial charge in [0.2, 0.25) is 0 Å². The van der Waals surface area contributed by atoms with Gasteiger partial charge in [0, 0.05) is 0 Å². The quantitative estimate of drug-likeness (QED) is 0.374. The lowest BCUT2D eigenvalue weighted by Gasteiger charge is -2.02. The van der Waals surface area contributed by atoms with Crippen molar-refractivity contribution in [2.75, 3.05) is 6.61 Å². The average Bonchev–Trinajstić information content (AvgIpc) is 2.25. The molecule has 0 saturated carbocycles. The maximum absolute atomic E-state index is 11.0. The molecule has 0 aromatic heterocycles. The molecule has 0 spiro atoms. The monoisotopic (exact) mass is 228 g/mol. The van der Waals surface area contributed by atoms with Crippen molar-refractivity contribution in [3.05, 3.63) is 12.2 Å². The summed E-state index contributed by atoms with van der Waals surface area (Å²) in [5.41, 5.74) is 0. The number of hydrogen-bond donors (Lipinski definition) is 1. The number of ether oxygens (including phenoxy) is 1. The highest BCUT2D eigenvalue weighted by molar-refractivity contribution is 5.76. The van der Waals surface area contributed by atoms with E-state index in [9.17, 15) is 9.59 Å². The molecule has 0 aromatic carbocycles. The summed E-state index contributed by atoms with van der Waals surface area (Å²) < 4.78 is 4.87. The number of unbranched alkanes of at least 4 members (excludes halogenated alkanes) is 2. The number of hydrogen-bond acceptors (Lipinski definition) is 3. The van der Waals surface area contributed by atoms with Gasteiger partial charge in [-0.25, -0.2) is 0 Å². The summed E-state index contributed by atoms with van der Waals surface area (Å²) in [5.74, 6) is -1.40. The first-order valence-corrected chi connectivity index (χ1v) is 5.69. The summed E-state index contributed by atoms with van der Waals surface area (Å²) in [6, 6.07) is 0. The van der Waals surface area contributed by atoms with Crippen LogP contribution in [0.1, 0.15) is 45.4 Å².